The van der Waals surface area contributed by atoms with Crippen molar-refractivity contribution in [2.75, 3.05) is 11.9 Å². The lowest BCUT2D eigenvalue weighted by Gasteiger charge is -2.13. The maximum absolute atomic E-state index is 13.0. The molecule has 90 valence electrons. The minimum Gasteiger partial charge on any atom is -0.407 e. The van der Waals surface area contributed by atoms with E-state index >= 15 is 0 Å². The molecule has 6 heteroatoms. The van der Waals surface area contributed by atoms with Gasteiger partial charge in [-0.25, -0.2) is 4.39 Å². The van der Waals surface area contributed by atoms with Crippen LogP contribution < -0.4 is 4.90 Å². The summed E-state index contributed by atoms with van der Waals surface area (Å²) in [5.74, 6) is 0.288. The molecule has 0 aliphatic rings. The standard InChI is InChI=1S/C11H11ClFN3O/c1-16(11-15-14-10(6-12)17-11)7-8-3-2-4-9(13)5-8/h2-5H,6-7H2,1H3. The van der Waals surface area contributed by atoms with Crippen LogP contribution in [-0.2, 0) is 12.4 Å². The van der Waals surface area contributed by atoms with Crippen LogP contribution in [0.1, 0.15) is 11.5 Å². The largest absolute Gasteiger partial charge is 0.407 e. The molecule has 0 amide bonds. The highest BCUT2D eigenvalue weighted by molar-refractivity contribution is 6.16. The van der Waals surface area contributed by atoms with Gasteiger partial charge >= 0.3 is 6.01 Å². The van der Waals surface area contributed by atoms with Crippen molar-refractivity contribution < 1.29 is 8.81 Å². The fourth-order valence-corrected chi connectivity index (χ4v) is 1.54. The minimum absolute atomic E-state index is 0.181. The molecule has 0 unspecified atom stereocenters. The van der Waals surface area contributed by atoms with Crippen LogP contribution in [0.3, 0.4) is 0 Å². The number of benzene rings is 1. The van der Waals surface area contributed by atoms with Crippen LogP contribution in [0.2, 0.25) is 0 Å². The highest BCUT2D eigenvalue weighted by atomic mass is 35.5. The number of rotatable bonds is 4. The molecule has 0 bridgehead atoms. The summed E-state index contributed by atoms with van der Waals surface area (Å²) >= 11 is 5.56. The predicted molar refractivity (Wildman–Crippen MR) is 62.4 cm³/mol. The number of anilines is 1. The molecule has 0 spiro atoms. The Labute approximate surface area is 103 Å². The van der Waals surface area contributed by atoms with Gasteiger partial charge in [-0.3, -0.25) is 0 Å². The van der Waals surface area contributed by atoms with Gasteiger partial charge in [0.25, 0.3) is 0 Å². The molecule has 0 radical (unpaired) electrons. The average Bonchev–Trinajstić information content (AvgIpc) is 2.77. The zero-order valence-corrected chi connectivity index (χ0v) is 9.99. The van der Waals surface area contributed by atoms with Crippen molar-refractivity contribution >= 4 is 17.6 Å². The van der Waals surface area contributed by atoms with Crippen LogP contribution in [-0.4, -0.2) is 17.2 Å². The number of hydrogen-bond donors (Lipinski definition) is 0. The SMILES string of the molecule is CN(Cc1cccc(F)c1)c1nnc(CCl)o1. The average molecular weight is 256 g/mol. The number of alkyl halides is 1. The fourth-order valence-electron chi connectivity index (χ4n) is 1.43. The third-order valence-corrected chi connectivity index (χ3v) is 2.43. The first-order valence-corrected chi connectivity index (χ1v) is 5.56. The summed E-state index contributed by atoms with van der Waals surface area (Å²) < 4.78 is 18.3. The van der Waals surface area contributed by atoms with Crippen LogP contribution >= 0.6 is 11.6 Å². The molecule has 1 heterocycles. The summed E-state index contributed by atoms with van der Waals surface area (Å²) in [6.07, 6.45) is 0. The van der Waals surface area contributed by atoms with Gasteiger partial charge in [0.1, 0.15) is 11.7 Å². The Morgan fingerprint density at radius 2 is 2.24 bits per heavy atom. The number of hydrogen-bond acceptors (Lipinski definition) is 4. The highest BCUT2D eigenvalue weighted by Crippen LogP contribution is 2.15. The van der Waals surface area contributed by atoms with Gasteiger partial charge < -0.3 is 9.32 Å². The van der Waals surface area contributed by atoms with Crippen LogP contribution in [0.25, 0.3) is 0 Å². The van der Waals surface area contributed by atoms with Crippen molar-refractivity contribution in [3.63, 3.8) is 0 Å². The molecular weight excluding hydrogens is 245 g/mol. The summed E-state index contributed by atoms with van der Waals surface area (Å²) in [7, 11) is 1.79. The Balaban J connectivity index is 2.08. The first-order chi connectivity index (χ1) is 8.19. The first-order valence-electron chi connectivity index (χ1n) is 5.03. The van der Waals surface area contributed by atoms with Gasteiger partial charge in [0, 0.05) is 13.6 Å². The van der Waals surface area contributed by atoms with E-state index in [2.05, 4.69) is 10.2 Å². The molecule has 2 rings (SSSR count). The van der Waals surface area contributed by atoms with Gasteiger partial charge in [-0.15, -0.1) is 16.7 Å². The molecule has 4 nitrogen and oxygen atoms in total. The summed E-state index contributed by atoms with van der Waals surface area (Å²) in [6.45, 7) is 0.488. The predicted octanol–water partition coefficient (Wildman–Crippen LogP) is 2.58. The van der Waals surface area contributed by atoms with Crippen LogP contribution in [0.5, 0.6) is 0 Å². The van der Waals surface area contributed by atoms with E-state index in [1.165, 1.54) is 12.1 Å². The summed E-state index contributed by atoms with van der Waals surface area (Å²) in [5, 5.41) is 7.59. The molecule has 0 aliphatic heterocycles. The van der Waals surface area contributed by atoms with Gasteiger partial charge in [0.2, 0.25) is 5.89 Å². The molecule has 0 aliphatic carbocycles. The maximum atomic E-state index is 13.0. The van der Waals surface area contributed by atoms with E-state index in [0.29, 0.717) is 18.5 Å². The van der Waals surface area contributed by atoms with E-state index in [1.54, 1.807) is 18.0 Å². The van der Waals surface area contributed by atoms with Gasteiger partial charge in [-0.1, -0.05) is 17.2 Å². The molecule has 0 atom stereocenters. The quantitative estimate of drug-likeness (QED) is 0.788. The summed E-state index contributed by atoms with van der Waals surface area (Å²) in [6, 6.07) is 6.73. The lowest BCUT2D eigenvalue weighted by molar-refractivity contribution is 0.506. The van der Waals surface area contributed by atoms with Crippen molar-refractivity contribution in [2.45, 2.75) is 12.4 Å². The second kappa shape index (κ2) is 5.14. The summed E-state index contributed by atoms with van der Waals surface area (Å²) in [4.78, 5) is 1.73. The zero-order chi connectivity index (χ0) is 12.3. The minimum atomic E-state index is -0.261. The van der Waals surface area contributed by atoms with Crippen molar-refractivity contribution in [3.8, 4) is 0 Å². The molecule has 1 aromatic heterocycles. The van der Waals surface area contributed by atoms with Crippen molar-refractivity contribution in [3.05, 3.63) is 41.5 Å². The van der Waals surface area contributed by atoms with Gasteiger partial charge in [0.15, 0.2) is 0 Å². The lowest BCUT2D eigenvalue weighted by Crippen LogP contribution is -2.16. The topological polar surface area (TPSA) is 42.2 Å². The molecule has 1 aromatic carbocycles. The Morgan fingerprint density at radius 1 is 1.41 bits per heavy atom. The van der Waals surface area contributed by atoms with Gasteiger partial charge in [-0.2, -0.15) is 0 Å². The van der Waals surface area contributed by atoms with Gasteiger partial charge in [-0.05, 0) is 17.7 Å². The molecule has 17 heavy (non-hydrogen) atoms. The monoisotopic (exact) mass is 255 g/mol. The second-order valence-electron chi connectivity index (χ2n) is 3.60. The molecule has 0 saturated heterocycles. The van der Waals surface area contributed by atoms with E-state index in [1.807, 2.05) is 6.07 Å². The molecule has 0 saturated carbocycles. The maximum Gasteiger partial charge on any atom is 0.318 e. The third-order valence-electron chi connectivity index (χ3n) is 2.21. The third kappa shape index (κ3) is 2.94. The Bertz CT molecular complexity index is 503. The van der Waals surface area contributed by atoms with E-state index in [4.69, 9.17) is 16.0 Å². The van der Waals surface area contributed by atoms with E-state index in [0.717, 1.165) is 5.56 Å². The number of nitrogens with zero attached hydrogens (tertiary/aromatic N) is 3. The Morgan fingerprint density at radius 3 is 2.88 bits per heavy atom. The fraction of sp³-hybridized carbons (Fsp3) is 0.273. The Hall–Kier alpha value is -1.62. The zero-order valence-electron chi connectivity index (χ0n) is 9.23. The molecule has 2 aromatic rings. The Kier molecular flexibility index (Phi) is 3.58. The van der Waals surface area contributed by atoms with Crippen LogP contribution in [0.15, 0.2) is 28.7 Å². The van der Waals surface area contributed by atoms with Crippen LogP contribution in [0.4, 0.5) is 10.4 Å². The summed E-state index contributed by atoms with van der Waals surface area (Å²) in [5.41, 5.74) is 0.832. The van der Waals surface area contributed by atoms with Crippen molar-refractivity contribution in [2.24, 2.45) is 0 Å². The molecular formula is C11H11ClFN3O. The number of aromatic nitrogens is 2. The molecule has 0 N–H and O–H groups in total. The smallest absolute Gasteiger partial charge is 0.318 e. The van der Waals surface area contributed by atoms with E-state index in [9.17, 15) is 4.39 Å². The highest BCUT2D eigenvalue weighted by Gasteiger charge is 2.10. The number of halogens is 2. The van der Waals surface area contributed by atoms with E-state index in [-0.39, 0.29) is 11.7 Å². The van der Waals surface area contributed by atoms with Crippen molar-refractivity contribution in [1.82, 2.24) is 10.2 Å². The normalized spacial score (nSPS) is 10.5. The lowest BCUT2D eigenvalue weighted by atomic mass is 10.2. The second-order valence-corrected chi connectivity index (χ2v) is 3.87. The first kappa shape index (κ1) is 11.9. The van der Waals surface area contributed by atoms with Crippen molar-refractivity contribution in [1.29, 1.82) is 0 Å². The van der Waals surface area contributed by atoms with E-state index < -0.39 is 0 Å². The van der Waals surface area contributed by atoms with Gasteiger partial charge in [0.05, 0.1) is 0 Å². The molecule has 0 fully saturated rings. The van der Waals surface area contributed by atoms with Crippen LogP contribution in [0, 0.1) is 5.82 Å².